The highest BCUT2D eigenvalue weighted by Crippen LogP contribution is 2.11. The standard InChI is InChI=1S/C17H35N2/c1-4-5-6-7-8-9-10-11-12-13-14-19-16-15-18(3)17(19)2/h4-16H2,1-3H3/q+1. The van der Waals surface area contributed by atoms with Gasteiger partial charge in [0.15, 0.2) is 0 Å². The van der Waals surface area contributed by atoms with Crippen LogP contribution in [0.15, 0.2) is 0 Å². The molecule has 1 heterocycles. The van der Waals surface area contributed by atoms with Crippen molar-refractivity contribution in [2.75, 3.05) is 26.7 Å². The van der Waals surface area contributed by atoms with E-state index in [1.807, 2.05) is 0 Å². The van der Waals surface area contributed by atoms with Crippen molar-refractivity contribution >= 4 is 5.84 Å². The Morgan fingerprint density at radius 1 is 0.895 bits per heavy atom. The van der Waals surface area contributed by atoms with Crippen molar-refractivity contribution in [3.05, 3.63) is 0 Å². The minimum absolute atomic E-state index is 1.21. The minimum Gasteiger partial charge on any atom is -0.265 e. The van der Waals surface area contributed by atoms with Gasteiger partial charge in [0.25, 0.3) is 0 Å². The fourth-order valence-electron chi connectivity index (χ4n) is 2.90. The lowest BCUT2D eigenvalue weighted by Crippen LogP contribution is -2.27. The first-order valence-electron chi connectivity index (χ1n) is 8.55. The molecule has 0 aromatic heterocycles. The summed E-state index contributed by atoms with van der Waals surface area (Å²) in [6.07, 6.45) is 14.3. The molecule has 1 rings (SSSR count). The number of likely N-dealkylation sites (N-methyl/N-ethyl adjacent to an activating group) is 1. The fourth-order valence-corrected chi connectivity index (χ4v) is 2.90. The third kappa shape index (κ3) is 6.98. The third-order valence-corrected chi connectivity index (χ3v) is 4.50. The molecule has 19 heavy (non-hydrogen) atoms. The molecule has 2 heteroatoms. The summed E-state index contributed by atoms with van der Waals surface area (Å²) in [5, 5.41) is 0. The zero-order chi connectivity index (χ0) is 13.9. The average Bonchev–Trinajstić information content (AvgIpc) is 2.73. The second-order valence-electron chi connectivity index (χ2n) is 6.14. The van der Waals surface area contributed by atoms with Gasteiger partial charge < -0.3 is 0 Å². The predicted molar refractivity (Wildman–Crippen MR) is 85.1 cm³/mol. The van der Waals surface area contributed by atoms with Crippen molar-refractivity contribution in [3.63, 3.8) is 0 Å². The second-order valence-corrected chi connectivity index (χ2v) is 6.14. The van der Waals surface area contributed by atoms with Crippen LogP contribution in [0.1, 0.15) is 78.1 Å². The highest BCUT2D eigenvalue weighted by atomic mass is 15.3. The first-order valence-corrected chi connectivity index (χ1v) is 8.55. The van der Waals surface area contributed by atoms with Gasteiger partial charge in [0, 0.05) is 6.92 Å². The molecule has 0 unspecified atom stereocenters. The van der Waals surface area contributed by atoms with Crippen molar-refractivity contribution in [3.8, 4) is 0 Å². The number of nitrogens with zero attached hydrogens (tertiary/aromatic N) is 2. The van der Waals surface area contributed by atoms with Gasteiger partial charge in [-0.25, -0.2) is 0 Å². The molecule has 0 aliphatic carbocycles. The molecule has 0 amide bonds. The maximum Gasteiger partial charge on any atom is 0.243 e. The molecule has 0 N–H and O–H groups in total. The lowest BCUT2D eigenvalue weighted by atomic mass is 10.1. The Balaban J connectivity index is 1.84. The van der Waals surface area contributed by atoms with Crippen molar-refractivity contribution in [1.82, 2.24) is 4.90 Å². The molecule has 0 radical (unpaired) electrons. The van der Waals surface area contributed by atoms with Gasteiger partial charge in [0.2, 0.25) is 5.84 Å². The molecule has 0 bridgehead atoms. The Labute approximate surface area is 120 Å². The molecule has 0 spiro atoms. The van der Waals surface area contributed by atoms with Gasteiger partial charge in [-0.1, -0.05) is 58.3 Å². The van der Waals surface area contributed by atoms with E-state index >= 15 is 0 Å². The van der Waals surface area contributed by atoms with E-state index in [1.165, 1.54) is 89.7 Å². The predicted octanol–water partition coefficient (Wildman–Crippen LogP) is 4.28. The lowest BCUT2D eigenvalue weighted by molar-refractivity contribution is -0.487. The fraction of sp³-hybridized carbons (Fsp3) is 0.941. The Hall–Kier alpha value is -0.530. The molecular formula is C17H35N2+. The molecule has 1 aliphatic heterocycles. The normalized spacial score (nSPS) is 15.6. The summed E-state index contributed by atoms with van der Waals surface area (Å²) in [4.78, 5) is 2.55. The van der Waals surface area contributed by atoms with E-state index in [1.54, 1.807) is 0 Å². The summed E-state index contributed by atoms with van der Waals surface area (Å²) in [5.74, 6) is 1.47. The molecule has 0 fully saturated rings. The van der Waals surface area contributed by atoms with Crippen molar-refractivity contribution in [1.29, 1.82) is 0 Å². The topological polar surface area (TPSA) is 6.25 Å². The molecular weight excluding hydrogens is 232 g/mol. The summed E-state index contributed by atoms with van der Waals surface area (Å²) in [6.45, 7) is 8.26. The minimum atomic E-state index is 1.21. The van der Waals surface area contributed by atoms with E-state index in [0.717, 1.165) is 0 Å². The van der Waals surface area contributed by atoms with Crippen LogP contribution in [0.3, 0.4) is 0 Å². The van der Waals surface area contributed by atoms with Gasteiger partial charge in [-0.05, 0) is 12.8 Å². The highest BCUT2D eigenvalue weighted by Gasteiger charge is 2.22. The number of hydrogen-bond donors (Lipinski definition) is 0. The van der Waals surface area contributed by atoms with E-state index in [9.17, 15) is 0 Å². The van der Waals surface area contributed by atoms with Gasteiger partial charge in [-0.2, -0.15) is 0 Å². The van der Waals surface area contributed by atoms with Crippen LogP contribution in [0, 0.1) is 0 Å². The van der Waals surface area contributed by atoms with Gasteiger partial charge in [-0.3, -0.25) is 9.48 Å². The maximum absolute atomic E-state index is 2.55. The summed E-state index contributed by atoms with van der Waals surface area (Å²) in [7, 11) is 2.20. The monoisotopic (exact) mass is 267 g/mol. The van der Waals surface area contributed by atoms with Crippen LogP contribution in [0.4, 0.5) is 0 Å². The van der Waals surface area contributed by atoms with E-state index in [-0.39, 0.29) is 0 Å². The number of rotatable bonds is 11. The zero-order valence-electron chi connectivity index (χ0n) is 13.6. The Kier molecular flexibility index (Phi) is 8.94. The van der Waals surface area contributed by atoms with Gasteiger partial charge in [0.1, 0.15) is 13.1 Å². The van der Waals surface area contributed by atoms with Crippen molar-refractivity contribution < 1.29 is 4.58 Å². The molecule has 1 aliphatic rings. The molecule has 0 saturated heterocycles. The molecule has 0 aromatic rings. The van der Waals surface area contributed by atoms with Crippen LogP contribution in [-0.4, -0.2) is 42.0 Å². The Morgan fingerprint density at radius 3 is 1.89 bits per heavy atom. The number of amidine groups is 1. The van der Waals surface area contributed by atoms with Crippen LogP contribution in [0.25, 0.3) is 0 Å². The highest BCUT2D eigenvalue weighted by molar-refractivity contribution is 5.75. The largest absolute Gasteiger partial charge is 0.265 e. The van der Waals surface area contributed by atoms with E-state index in [4.69, 9.17) is 0 Å². The van der Waals surface area contributed by atoms with Crippen molar-refractivity contribution in [2.24, 2.45) is 0 Å². The maximum atomic E-state index is 2.55. The van der Waals surface area contributed by atoms with Crippen LogP contribution >= 0.6 is 0 Å². The van der Waals surface area contributed by atoms with E-state index < -0.39 is 0 Å². The molecule has 0 saturated carbocycles. The SMILES string of the molecule is CCCCCCCCCCCCN1CC[N+](C)=C1C. The first-order chi connectivity index (χ1) is 9.25. The molecule has 2 nitrogen and oxygen atoms in total. The van der Waals surface area contributed by atoms with Gasteiger partial charge in [0.05, 0.1) is 13.6 Å². The number of hydrogen-bond acceptors (Lipinski definition) is 1. The van der Waals surface area contributed by atoms with Crippen LogP contribution < -0.4 is 0 Å². The molecule has 112 valence electrons. The zero-order valence-corrected chi connectivity index (χ0v) is 13.6. The van der Waals surface area contributed by atoms with E-state index in [2.05, 4.69) is 30.4 Å². The van der Waals surface area contributed by atoms with Crippen LogP contribution in [-0.2, 0) is 0 Å². The second kappa shape index (κ2) is 10.3. The van der Waals surface area contributed by atoms with Crippen LogP contribution in [0.2, 0.25) is 0 Å². The van der Waals surface area contributed by atoms with Gasteiger partial charge >= 0.3 is 0 Å². The molecule has 0 aromatic carbocycles. The summed E-state index contributed by atoms with van der Waals surface area (Å²) in [6, 6.07) is 0. The Bertz CT molecular complexity index is 258. The summed E-state index contributed by atoms with van der Waals surface area (Å²) >= 11 is 0. The summed E-state index contributed by atoms with van der Waals surface area (Å²) < 4.78 is 2.37. The average molecular weight is 267 g/mol. The smallest absolute Gasteiger partial charge is 0.243 e. The Morgan fingerprint density at radius 2 is 1.42 bits per heavy atom. The first kappa shape index (κ1) is 16.5. The lowest BCUT2D eigenvalue weighted by Gasteiger charge is -2.10. The quantitative estimate of drug-likeness (QED) is 0.400. The van der Waals surface area contributed by atoms with Crippen molar-refractivity contribution in [2.45, 2.75) is 78.1 Å². The van der Waals surface area contributed by atoms with Crippen LogP contribution in [0.5, 0.6) is 0 Å². The van der Waals surface area contributed by atoms with E-state index in [0.29, 0.717) is 0 Å². The summed E-state index contributed by atoms with van der Waals surface area (Å²) in [5.41, 5.74) is 0. The van der Waals surface area contributed by atoms with Gasteiger partial charge in [-0.15, -0.1) is 0 Å². The third-order valence-electron chi connectivity index (χ3n) is 4.50. The number of unbranched alkanes of at least 4 members (excludes halogenated alkanes) is 9. The molecule has 0 atom stereocenters.